The van der Waals surface area contributed by atoms with Crippen LogP contribution in [0.15, 0.2) is 34.6 Å². The second-order valence-corrected chi connectivity index (χ2v) is 10.8. The first-order valence-corrected chi connectivity index (χ1v) is 9.38. The molecular weight excluding hydrogens is 248 g/mol. The monoisotopic (exact) mass is 264 g/mol. The molecule has 96 valence electrons. The van der Waals surface area contributed by atoms with E-state index >= 15 is 0 Å². The van der Waals surface area contributed by atoms with Crippen LogP contribution >= 0.6 is 0 Å². The highest BCUT2D eigenvalue weighted by atomic mass is 28.3. The number of hydrogen-bond donors (Lipinski definition) is 0. The van der Waals surface area contributed by atoms with Crippen LogP contribution in [-0.2, 0) is 0 Å². The predicted molar refractivity (Wildman–Crippen MR) is 72.4 cm³/mol. The van der Waals surface area contributed by atoms with Gasteiger partial charge in [-0.1, -0.05) is 24.9 Å². The summed E-state index contributed by atoms with van der Waals surface area (Å²) in [6.45, 7) is 7.55. The number of nitro benzene ring substituents is 1. The smallest absolute Gasteiger partial charge is 0.258 e. The Kier molecular flexibility index (Phi) is 3.16. The Morgan fingerprint density at radius 3 is 2.39 bits per heavy atom. The van der Waals surface area contributed by atoms with Crippen LogP contribution in [0.25, 0.3) is 0 Å². The van der Waals surface area contributed by atoms with E-state index in [4.69, 9.17) is 0 Å². The fraction of sp³-hybridized carbons (Fsp3) is 0.455. The van der Waals surface area contributed by atoms with Gasteiger partial charge in [0, 0.05) is 12.1 Å². The normalized spacial score (nSPS) is 19.3. The van der Waals surface area contributed by atoms with Crippen molar-refractivity contribution < 1.29 is 4.92 Å². The zero-order valence-corrected chi connectivity index (χ0v) is 11.7. The summed E-state index contributed by atoms with van der Waals surface area (Å²) in [6, 6.07) is 6.41. The number of non-ortho nitro benzene ring substituents is 1. The van der Waals surface area contributed by atoms with E-state index in [0.29, 0.717) is 0 Å². The summed E-state index contributed by atoms with van der Waals surface area (Å²) in [5.41, 5.74) is 1.23. The third kappa shape index (κ3) is 2.56. The van der Waals surface area contributed by atoms with Crippen molar-refractivity contribution in [1.82, 2.24) is 0 Å². The van der Waals surface area contributed by atoms with Gasteiger partial charge in [0.05, 0.1) is 30.9 Å². The van der Waals surface area contributed by atoms with E-state index in [1.165, 1.54) is 12.1 Å². The fourth-order valence-electron chi connectivity index (χ4n) is 1.71. The highest BCUT2D eigenvalue weighted by Gasteiger charge is 2.32. The van der Waals surface area contributed by atoms with Crippen molar-refractivity contribution in [3.8, 4) is 0 Å². The molecule has 1 unspecified atom stereocenters. The molecule has 1 heterocycles. The van der Waals surface area contributed by atoms with Crippen LogP contribution < -0.4 is 5.01 Å². The van der Waals surface area contributed by atoms with Gasteiger partial charge < -0.3 is 0 Å². The Morgan fingerprint density at radius 1 is 1.33 bits per heavy atom. The first-order chi connectivity index (χ1) is 8.38. The highest BCUT2D eigenvalue weighted by molar-refractivity contribution is 6.77. The largest absolute Gasteiger partial charge is 0.269 e. The van der Waals surface area contributed by atoms with Crippen LogP contribution in [0.4, 0.5) is 11.4 Å². The minimum absolute atomic E-state index is 0.0941. The van der Waals surface area contributed by atoms with Gasteiger partial charge in [-0.2, -0.15) is 5.11 Å². The summed E-state index contributed by atoms with van der Waals surface area (Å²) in [7, 11) is -1.34. The Balaban J connectivity index is 2.11. The summed E-state index contributed by atoms with van der Waals surface area (Å²) in [5.74, 6) is 0. The number of nitro groups is 1. The van der Waals surface area contributed by atoms with E-state index in [2.05, 4.69) is 30.0 Å². The lowest BCUT2D eigenvalue weighted by molar-refractivity contribution is -0.384. The van der Waals surface area contributed by atoms with Crippen molar-refractivity contribution in [2.75, 3.05) is 11.6 Å². The van der Waals surface area contributed by atoms with Gasteiger partial charge >= 0.3 is 0 Å². The number of anilines is 1. The van der Waals surface area contributed by atoms with E-state index in [0.717, 1.165) is 12.2 Å². The minimum atomic E-state index is -1.34. The van der Waals surface area contributed by atoms with Crippen LogP contribution in [0.5, 0.6) is 0 Å². The Bertz CT molecular complexity index is 481. The lowest BCUT2D eigenvalue weighted by Gasteiger charge is -2.21. The zero-order chi connectivity index (χ0) is 13.3. The predicted octanol–water partition coefficient (Wildman–Crippen LogP) is 3.03. The molecule has 6 nitrogen and oxygen atoms in total. The number of hydrogen-bond acceptors (Lipinski definition) is 5. The summed E-state index contributed by atoms with van der Waals surface area (Å²) in [6.07, 6.45) is 0. The maximum atomic E-state index is 10.6. The van der Waals surface area contributed by atoms with Gasteiger partial charge in [0.15, 0.2) is 0 Å². The van der Waals surface area contributed by atoms with Gasteiger partial charge in [0.2, 0.25) is 0 Å². The van der Waals surface area contributed by atoms with Crippen molar-refractivity contribution in [2.24, 2.45) is 10.3 Å². The van der Waals surface area contributed by atoms with Crippen LogP contribution in [0.1, 0.15) is 0 Å². The molecule has 0 amide bonds. The first kappa shape index (κ1) is 12.7. The van der Waals surface area contributed by atoms with Crippen molar-refractivity contribution in [1.29, 1.82) is 0 Å². The molecule has 1 aromatic carbocycles. The average Bonchev–Trinajstić information content (AvgIpc) is 2.78. The van der Waals surface area contributed by atoms with Crippen molar-refractivity contribution >= 4 is 19.4 Å². The lowest BCUT2D eigenvalue weighted by Crippen LogP contribution is -2.40. The quantitative estimate of drug-likeness (QED) is 0.478. The second kappa shape index (κ2) is 4.49. The fourth-order valence-corrected chi connectivity index (χ4v) is 2.83. The van der Waals surface area contributed by atoms with Crippen LogP contribution in [-0.4, -0.2) is 25.2 Å². The maximum absolute atomic E-state index is 10.6. The SMILES string of the molecule is C[Si](C)(C)C1CN(c2ccc([N+](=O)[O-])cc2)N=N1. The summed E-state index contributed by atoms with van der Waals surface area (Å²) >= 11 is 0. The van der Waals surface area contributed by atoms with Gasteiger partial charge in [-0.15, -0.1) is 0 Å². The highest BCUT2D eigenvalue weighted by Crippen LogP contribution is 2.26. The van der Waals surface area contributed by atoms with Gasteiger partial charge in [0.25, 0.3) is 5.69 Å². The van der Waals surface area contributed by atoms with Gasteiger partial charge in [0.1, 0.15) is 0 Å². The van der Waals surface area contributed by atoms with Gasteiger partial charge in [-0.25, -0.2) is 5.01 Å². The zero-order valence-electron chi connectivity index (χ0n) is 10.7. The van der Waals surface area contributed by atoms with Gasteiger partial charge in [-0.05, 0) is 12.1 Å². The molecule has 0 spiro atoms. The van der Waals surface area contributed by atoms with Crippen molar-refractivity contribution in [2.45, 2.75) is 25.3 Å². The number of rotatable bonds is 3. The van der Waals surface area contributed by atoms with E-state index in [1.54, 1.807) is 12.1 Å². The topological polar surface area (TPSA) is 71.1 Å². The van der Waals surface area contributed by atoms with Crippen LogP contribution in [0.3, 0.4) is 0 Å². The Morgan fingerprint density at radius 2 is 1.94 bits per heavy atom. The molecule has 0 bridgehead atoms. The number of benzene rings is 1. The standard InChI is InChI=1S/C11H16N4O2Si/c1-18(2,3)11-8-14(13-12-11)9-4-6-10(7-5-9)15(16)17/h4-7,11H,8H2,1-3H3. The van der Waals surface area contributed by atoms with E-state index in [9.17, 15) is 10.1 Å². The summed E-state index contributed by atoms with van der Waals surface area (Å²) in [5, 5.41) is 20.8. The molecule has 7 heteroatoms. The molecule has 0 saturated heterocycles. The molecule has 0 radical (unpaired) electrons. The molecule has 1 aliphatic rings. The second-order valence-electron chi connectivity index (χ2n) is 5.44. The molecule has 0 N–H and O–H groups in total. The Hall–Kier alpha value is -1.76. The molecule has 1 atom stereocenters. The molecular formula is C11H16N4O2Si. The molecule has 1 aromatic rings. The third-order valence-corrected chi connectivity index (χ3v) is 5.30. The maximum Gasteiger partial charge on any atom is 0.269 e. The average molecular weight is 264 g/mol. The molecule has 0 fully saturated rings. The van der Waals surface area contributed by atoms with E-state index < -0.39 is 13.0 Å². The first-order valence-electron chi connectivity index (χ1n) is 5.81. The molecule has 0 aromatic heterocycles. The number of nitrogens with zero attached hydrogens (tertiary/aromatic N) is 4. The lowest BCUT2D eigenvalue weighted by atomic mass is 10.3. The van der Waals surface area contributed by atoms with Crippen LogP contribution in [0.2, 0.25) is 19.6 Å². The molecule has 2 rings (SSSR count). The van der Waals surface area contributed by atoms with Gasteiger partial charge in [-0.3, -0.25) is 10.1 Å². The van der Waals surface area contributed by atoms with Crippen LogP contribution in [0, 0.1) is 10.1 Å². The molecule has 0 aliphatic carbocycles. The summed E-state index contributed by atoms with van der Waals surface area (Å²) < 4.78 is 0. The molecule has 1 aliphatic heterocycles. The minimum Gasteiger partial charge on any atom is -0.258 e. The van der Waals surface area contributed by atoms with E-state index in [-0.39, 0.29) is 11.4 Å². The summed E-state index contributed by atoms with van der Waals surface area (Å²) in [4.78, 5) is 10.2. The molecule has 0 saturated carbocycles. The van der Waals surface area contributed by atoms with Crippen molar-refractivity contribution in [3.63, 3.8) is 0 Å². The Labute approximate surface area is 106 Å². The van der Waals surface area contributed by atoms with E-state index in [1.807, 2.05) is 5.01 Å². The molecule has 18 heavy (non-hydrogen) atoms. The van der Waals surface area contributed by atoms with Crippen molar-refractivity contribution in [3.05, 3.63) is 34.4 Å². The third-order valence-electron chi connectivity index (χ3n) is 3.00.